The molecular formula is C19H20O7. The number of ketones is 1. The molecule has 1 heterocycles. The Morgan fingerprint density at radius 2 is 1.50 bits per heavy atom. The molecule has 0 amide bonds. The van der Waals surface area contributed by atoms with E-state index in [1.165, 1.54) is 27.4 Å². The van der Waals surface area contributed by atoms with Crippen LogP contribution in [0.5, 0.6) is 34.5 Å². The van der Waals surface area contributed by atoms with Crippen molar-refractivity contribution in [2.75, 3.05) is 28.4 Å². The molecule has 2 aromatic rings. The molecule has 1 aliphatic rings. The number of carbonyl (C=O) groups is 1. The monoisotopic (exact) mass is 360 g/mol. The fraction of sp³-hybridized carbons (Fsp3) is 0.316. The lowest BCUT2D eigenvalue weighted by Crippen LogP contribution is -2.21. The number of aromatic hydroxyl groups is 1. The average molecular weight is 360 g/mol. The second kappa shape index (κ2) is 7.03. The lowest BCUT2D eigenvalue weighted by molar-refractivity contribution is 0.0838. The molecule has 1 aliphatic heterocycles. The van der Waals surface area contributed by atoms with E-state index < -0.39 is 6.10 Å². The van der Waals surface area contributed by atoms with E-state index in [9.17, 15) is 9.90 Å². The van der Waals surface area contributed by atoms with E-state index >= 15 is 0 Å². The van der Waals surface area contributed by atoms with Crippen LogP contribution in [0.4, 0.5) is 0 Å². The maximum absolute atomic E-state index is 12.6. The molecule has 7 nitrogen and oxygen atoms in total. The molecule has 3 rings (SSSR count). The molecular weight excluding hydrogens is 340 g/mol. The molecule has 1 atom stereocenters. The van der Waals surface area contributed by atoms with Gasteiger partial charge >= 0.3 is 0 Å². The number of methoxy groups -OCH3 is 4. The summed E-state index contributed by atoms with van der Waals surface area (Å²) in [6, 6.07) is 6.35. The normalized spacial score (nSPS) is 15.7. The Labute approximate surface area is 151 Å². The summed E-state index contributed by atoms with van der Waals surface area (Å²) in [6.07, 6.45) is -0.608. The van der Waals surface area contributed by atoms with Gasteiger partial charge in [0.25, 0.3) is 0 Å². The molecule has 0 saturated heterocycles. The van der Waals surface area contributed by atoms with Gasteiger partial charge in [0, 0.05) is 24.3 Å². The molecule has 0 fully saturated rings. The van der Waals surface area contributed by atoms with Crippen LogP contribution in [0.1, 0.15) is 28.4 Å². The topological polar surface area (TPSA) is 83.5 Å². The van der Waals surface area contributed by atoms with Crippen LogP contribution in [0.25, 0.3) is 0 Å². The highest BCUT2D eigenvalue weighted by Gasteiger charge is 2.34. The van der Waals surface area contributed by atoms with Crippen molar-refractivity contribution in [2.45, 2.75) is 12.5 Å². The van der Waals surface area contributed by atoms with Crippen molar-refractivity contribution in [2.24, 2.45) is 0 Å². The second-order valence-electron chi connectivity index (χ2n) is 5.70. The van der Waals surface area contributed by atoms with E-state index in [1.807, 2.05) is 0 Å². The zero-order valence-electron chi connectivity index (χ0n) is 15.0. The van der Waals surface area contributed by atoms with Crippen LogP contribution in [0.2, 0.25) is 0 Å². The van der Waals surface area contributed by atoms with E-state index in [0.717, 1.165) is 0 Å². The van der Waals surface area contributed by atoms with Gasteiger partial charge in [-0.05, 0) is 0 Å². The maximum atomic E-state index is 12.6. The van der Waals surface area contributed by atoms with Crippen molar-refractivity contribution in [1.29, 1.82) is 0 Å². The molecule has 0 bridgehead atoms. The first-order valence-corrected chi connectivity index (χ1v) is 7.93. The number of hydrogen-bond acceptors (Lipinski definition) is 7. The smallest absolute Gasteiger partial charge is 0.174 e. The molecule has 0 aromatic heterocycles. The quantitative estimate of drug-likeness (QED) is 0.877. The number of Topliss-reactive ketones (excluding diaryl/α,β-unsaturated/α-hetero) is 1. The zero-order chi connectivity index (χ0) is 18.8. The highest BCUT2D eigenvalue weighted by atomic mass is 16.5. The minimum absolute atomic E-state index is 0.0337. The molecule has 7 heteroatoms. The first-order chi connectivity index (χ1) is 12.5. The number of benzene rings is 2. The van der Waals surface area contributed by atoms with E-state index in [4.69, 9.17) is 23.7 Å². The van der Waals surface area contributed by atoms with E-state index in [1.54, 1.807) is 25.3 Å². The Balaban J connectivity index is 2.10. The molecule has 0 aliphatic carbocycles. The summed E-state index contributed by atoms with van der Waals surface area (Å²) in [6.45, 7) is 0. The largest absolute Gasteiger partial charge is 0.507 e. The van der Waals surface area contributed by atoms with Crippen LogP contribution >= 0.6 is 0 Å². The van der Waals surface area contributed by atoms with Gasteiger partial charge in [-0.3, -0.25) is 4.79 Å². The van der Waals surface area contributed by atoms with Gasteiger partial charge in [-0.1, -0.05) is 0 Å². The summed E-state index contributed by atoms with van der Waals surface area (Å²) in [5.74, 6) is 1.76. The summed E-state index contributed by atoms with van der Waals surface area (Å²) in [5.41, 5.74) is 0.741. The van der Waals surface area contributed by atoms with Gasteiger partial charge in [0.15, 0.2) is 5.78 Å². The van der Waals surface area contributed by atoms with Gasteiger partial charge in [-0.15, -0.1) is 0 Å². The van der Waals surface area contributed by atoms with Crippen molar-refractivity contribution in [3.63, 3.8) is 0 Å². The van der Waals surface area contributed by atoms with Gasteiger partial charge in [0.05, 0.1) is 40.4 Å². The molecule has 0 unspecified atom stereocenters. The average Bonchev–Trinajstić information content (AvgIpc) is 2.65. The van der Waals surface area contributed by atoms with Gasteiger partial charge < -0.3 is 28.8 Å². The van der Waals surface area contributed by atoms with E-state index in [-0.39, 0.29) is 29.3 Å². The van der Waals surface area contributed by atoms with E-state index in [0.29, 0.717) is 28.6 Å². The third-order valence-electron chi connectivity index (χ3n) is 4.28. The molecule has 0 saturated carbocycles. The van der Waals surface area contributed by atoms with Crippen LogP contribution in [0.3, 0.4) is 0 Å². The SMILES string of the molecule is COc1cc(O)c2c(c1)O[C@H](c1c(OC)cc(OC)cc1OC)CC2=O. The lowest BCUT2D eigenvalue weighted by atomic mass is 9.94. The molecule has 26 heavy (non-hydrogen) atoms. The fourth-order valence-corrected chi connectivity index (χ4v) is 3.04. The van der Waals surface area contributed by atoms with Gasteiger partial charge in [0.2, 0.25) is 0 Å². The van der Waals surface area contributed by atoms with Crippen molar-refractivity contribution in [3.05, 3.63) is 35.4 Å². The third-order valence-corrected chi connectivity index (χ3v) is 4.28. The number of carbonyl (C=O) groups excluding carboxylic acids is 1. The zero-order valence-corrected chi connectivity index (χ0v) is 15.0. The molecule has 0 radical (unpaired) electrons. The standard InChI is InChI=1S/C19H20O7/c1-22-10-5-12(20)18-13(21)9-17(26-16(18)8-10)19-14(24-3)6-11(23-2)7-15(19)25-4/h5-8,17,20H,9H2,1-4H3/t17-/m0/s1. The summed E-state index contributed by atoms with van der Waals surface area (Å²) >= 11 is 0. The summed E-state index contributed by atoms with van der Waals surface area (Å²) in [5, 5.41) is 10.1. The summed E-state index contributed by atoms with van der Waals surface area (Å²) in [4.78, 5) is 12.6. The van der Waals surface area contributed by atoms with Crippen LogP contribution in [0, 0.1) is 0 Å². The number of ether oxygens (including phenoxy) is 5. The number of phenols is 1. The van der Waals surface area contributed by atoms with Crippen LogP contribution in [-0.2, 0) is 0 Å². The molecule has 138 valence electrons. The van der Waals surface area contributed by atoms with Crippen molar-refractivity contribution >= 4 is 5.78 Å². The lowest BCUT2D eigenvalue weighted by Gasteiger charge is -2.28. The Morgan fingerprint density at radius 3 is 2.04 bits per heavy atom. The number of phenolic OH excluding ortho intramolecular Hbond substituents is 1. The van der Waals surface area contributed by atoms with Crippen LogP contribution in [0.15, 0.2) is 24.3 Å². The minimum Gasteiger partial charge on any atom is -0.507 e. The number of hydrogen-bond donors (Lipinski definition) is 1. The predicted octanol–water partition coefficient (Wildman–Crippen LogP) is 3.13. The molecule has 0 spiro atoms. The first-order valence-electron chi connectivity index (χ1n) is 7.93. The van der Waals surface area contributed by atoms with Crippen LogP contribution in [-0.4, -0.2) is 39.3 Å². The van der Waals surface area contributed by atoms with Crippen LogP contribution < -0.4 is 23.7 Å². The van der Waals surface area contributed by atoms with E-state index in [2.05, 4.69) is 0 Å². The number of rotatable bonds is 5. The minimum atomic E-state index is -0.641. The first kappa shape index (κ1) is 17.7. The van der Waals surface area contributed by atoms with Gasteiger partial charge in [-0.25, -0.2) is 0 Å². The summed E-state index contributed by atoms with van der Waals surface area (Å²) in [7, 11) is 6.05. The predicted molar refractivity (Wildman–Crippen MR) is 93.1 cm³/mol. The highest BCUT2D eigenvalue weighted by molar-refractivity contribution is 6.02. The Morgan fingerprint density at radius 1 is 0.923 bits per heavy atom. The Kier molecular flexibility index (Phi) is 4.79. The fourth-order valence-electron chi connectivity index (χ4n) is 3.04. The van der Waals surface area contributed by atoms with Crippen molar-refractivity contribution < 1.29 is 33.6 Å². The molecule has 1 N–H and O–H groups in total. The maximum Gasteiger partial charge on any atom is 0.174 e. The van der Waals surface area contributed by atoms with Gasteiger partial charge in [-0.2, -0.15) is 0 Å². The molecule has 2 aromatic carbocycles. The van der Waals surface area contributed by atoms with Crippen molar-refractivity contribution in [3.8, 4) is 34.5 Å². The van der Waals surface area contributed by atoms with Crippen molar-refractivity contribution in [1.82, 2.24) is 0 Å². The van der Waals surface area contributed by atoms with Gasteiger partial charge in [0.1, 0.15) is 46.2 Å². The Hall–Kier alpha value is -3.09. The number of fused-ring (bicyclic) bond motifs is 1. The second-order valence-corrected chi connectivity index (χ2v) is 5.70. The Bertz CT molecular complexity index is 819. The summed E-state index contributed by atoms with van der Waals surface area (Å²) < 4.78 is 27.3. The third kappa shape index (κ3) is 2.96. The highest BCUT2D eigenvalue weighted by Crippen LogP contribution is 2.47.